The second-order valence-electron chi connectivity index (χ2n) is 17.2. The van der Waals surface area contributed by atoms with Gasteiger partial charge in [0.25, 0.3) is 0 Å². The van der Waals surface area contributed by atoms with Crippen LogP contribution in [0.2, 0.25) is 0 Å². The molecule has 5 heteroatoms. The first-order valence-corrected chi connectivity index (χ1v) is 23.7. The lowest BCUT2D eigenvalue weighted by atomic mass is 10.00. The molecule has 0 amide bonds. The number of aromatic nitrogens is 4. The van der Waals surface area contributed by atoms with Gasteiger partial charge >= 0.3 is 0 Å². The number of para-hydroxylation sites is 1. The second kappa shape index (κ2) is 16.6. The number of nitrogens with zero attached hydrogens (tertiary/aromatic N) is 4. The summed E-state index contributed by atoms with van der Waals surface area (Å²) in [7, 11) is 0. The Balaban J connectivity index is 0.981. The van der Waals surface area contributed by atoms with Crippen molar-refractivity contribution < 1.29 is 0 Å². The number of fused-ring (bicyclic) bond motifs is 7. The summed E-state index contributed by atoms with van der Waals surface area (Å²) < 4.78 is 4.82. The Morgan fingerprint density at radius 1 is 0.279 bits per heavy atom. The fourth-order valence-corrected chi connectivity index (χ4v) is 11.1. The highest BCUT2D eigenvalue weighted by atomic mass is 32.1. The van der Waals surface area contributed by atoms with Gasteiger partial charge in [-0.1, -0.05) is 212 Å². The molecular weight excluding hydrogens is 845 g/mol. The van der Waals surface area contributed by atoms with Gasteiger partial charge in [-0.2, -0.15) is 0 Å². The molecule has 13 rings (SSSR count). The topological polar surface area (TPSA) is 43.6 Å². The van der Waals surface area contributed by atoms with Crippen molar-refractivity contribution >= 4 is 53.3 Å². The first-order valence-electron chi connectivity index (χ1n) is 22.9. The third kappa shape index (κ3) is 6.96. The van der Waals surface area contributed by atoms with Gasteiger partial charge in [-0.15, -0.1) is 11.3 Å². The molecule has 0 bridgehead atoms. The van der Waals surface area contributed by atoms with E-state index in [1.54, 1.807) is 0 Å². The molecule has 0 unspecified atom stereocenters. The second-order valence-corrected chi connectivity index (χ2v) is 18.2. The van der Waals surface area contributed by atoms with Crippen molar-refractivity contribution in [2.75, 3.05) is 0 Å². The summed E-state index contributed by atoms with van der Waals surface area (Å²) >= 11 is 1.82. The molecule has 0 saturated heterocycles. The van der Waals surface area contributed by atoms with Crippen LogP contribution in [0.1, 0.15) is 0 Å². The van der Waals surface area contributed by atoms with Crippen LogP contribution in [0.3, 0.4) is 0 Å². The van der Waals surface area contributed by atoms with Crippen LogP contribution in [-0.2, 0) is 0 Å². The maximum absolute atomic E-state index is 5.32. The molecule has 3 aromatic heterocycles. The standard InChI is InChI=1S/C63H40N4S/c1-4-15-41(16-5-1)44-29-31-46(32-30-44)49-22-13-24-51(40-49)67-57-28-11-10-25-52(57)53-37-38-55-54-26-14-27-56(59(54)68-60(55)58(53)67)63-65-61(47-35-33-45(34-36-47)42-17-6-2-7-18-42)64-62(66-63)50-23-12-21-48(39-50)43-19-8-3-9-20-43/h1-40H. The molecule has 0 saturated carbocycles. The molecule has 0 spiro atoms. The van der Waals surface area contributed by atoms with E-state index in [1.807, 2.05) is 23.5 Å². The SMILES string of the molecule is c1ccc(-c2ccc(-c3cccc(-n4c5ccccc5c5ccc6c7cccc(-c8nc(-c9ccc(-c%10ccccc%10)cc9)nc(-c9cccc(-c%10ccccc%10)c9)n8)c7sc6c54)c3)cc2)cc1. The zero-order chi connectivity index (χ0) is 45.0. The Morgan fingerprint density at radius 3 is 1.40 bits per heavy atom. The van der Waals surface area contributed by atoms with Crippen LogP contribution in [0.5, 0.6) is 0 Å². The van der Waals surface area contributed by atoms with E-state index in [9.17, 15) is 0 Å². The van der Waals surface area contributed by atoms with Crippen molar-refractivity contribution in [3.8, 4) is 84.4 Å². The molecule has 0 N–H and O–H groups in total. The summed E-state index contributed by atoms with van der Waals surface area (Å²) in [4.78, 5) is 15.8. The molecule has 318 valence electrons. The maximum Gasteiger partial charge on any atom is 0.165 e. The molecule has 0 atom stereocenters. The van der Waals surface area contributed by atoms with E-state index in [2.05, 4.69) is 235 Å². The molecular formula is C63H40N4S. The van der Waals surface area contributed by atoms with E-state index in [0.29, 0.717) is 17.5 Å². The van der Waals surface area contributed by atoms with Crippen molar-refractivity contribution in [2.24, 2.45) is 0 Å². The van der Waals surface area contributed by atoms with Crippen LogP contribution in [-0.4, -0.2) is 19.5 Å². The molecule has 0 aliphatic heterocycles. The average Bonchev–Trinajstić information content (AvgIpc) is 3.98. The van der Waals surface area contributed by atoms with Gasteiger partial charge in [-0.3, -0.25) is 0 Å². The monoisotopic (exact) mass is 884 g/mol. The minimum atomic E-state index is 0.630. The summed E-state index contributed by atoms with van der Waals surface area (Å²) in [6, 6.07) is 86.3. The highest BCUT2D eigenvalue weighted by Crippen LogP contribution is 2.46. The van der Waals surface area contributed by atoms with E-state index in [4.69, 9.17) is 15.0 Å². The van der Waals surface area contributed by atoms with E-state index >= 15 is 0 Å². The molecule has 0 aliphatic rings. The molecule has 13 aromatic rings. The van der Waals surface area contributed by atoms with Gasteiger partial charge in [-0.25, -0.2) is 15.0 Å². The van der Waals surface area contributed by atoms with Crippen molar-refractivity contribution in [1.29, 1.82) is 0 Å². The Morgan fingerprint density at radius 2 is 0.721 bits per heavy atom. The maximum atomic E-state index is 5.32. The van der Waals surface area contributed by atoms with Gasteiger partial charge in [-0.05, 0) is 74.8 Å². The average molecular weight is 885 g/mol. The Hall–Kier alpha value is -8.77. The summed E-state index contributed by atoms with van der Waals surface area (Å²) in [6.07, 6.45) is 0. The molecule has 68 heavy (non-hydrogen) atoms. The van der Waals surface area contributed by atoms with Crippen LogP contribution in [0.4, 0.5) is 0 Å². The first kappa shape index (κ1) is 39.6. The lowest BCUT2D eigenvalue weighted by Gasteiger charge is -2.11. The van der Waals surface area contributed by atoms with Crippen LogP contribution in [0.25, 0.3) is 126 Å². The largest absolute Gasteiger partial charge is 0.308 e. The number of hydrogen-bond acceptors (Lipinski definition) is 4. The third-order valence-corrected chi connectivity index (χ3v) is 14.3. The predicted molar refractivity (Wildman–Crippen MR) is 285 cm³/mol. The normalized spacial score (nSPS) is 11.5. The van der Waals surface area contributed by atoms with Gasteiger partial charge in [0.1, 0.15) is 0 Å². The van der Waals surface area contributed by atoms with Crippen molar-refractivity contribution in [3.63, 3.8) is 0 Å². The zero-order valence-corrected chi connectivity index (χ0v) is 37.6. The molecule has 4 nitrogen and oxygen atoms in total. The highest BCUT2D eigenvalue weighted by molar-refractivity contribution is 7.27. The van der Waals surface area contributed by atoms with Gasteiger partial charge < -0.3 is 4.57 Å². The molecule has 0 fully saturated rings. The number of hydrogen-bond donors (Lipinski definition) is 0. The minimum Gasteiger partial charge on any atom is -0.308 e. The van der Waals surface area contributed by atoms with Crippen molar-refractivity contribution in [2.45, 2.75) is 0 Å². The first-order chi connectivity index (χ1) is 33.7. The molecule has 3 heterocycles. The van der Waals surface area contributed by atoms with E-state index in [1.165, 1.54) is 65.1 Å². The number of thiophene rings is 1. The van der Waals surface area contributed by atoms with Gasteiger partial charge in [0.05, 0.1) is 15.7 Å². The highest BCUT2D eigenvalue weighted by Gasteiger charge is 2.21. The Bertz CT molecular complexity index is 3990. The van der Waals surface area contributed by atoms with Crippen LogP contribution < -0.4 is 0 Å². The third-order valence-electron chi connectivity index (χ3n) is 13.1. The minimum absolute atomic E-state index is 0.630. The molecule has 0 aliphatic carbocycles. The van der Waals surface area contributed by atoms with E-state index in [-0.39, 0.29) is 0 Å². The molecule has 0 radical (unpaired) electrons. The molecule has 10 aromatic carbocycles. The van der Waals surface area contributed by atoms with Gasteiger partial charge in [0, 0.05) is 48.6 Å². The lowest BCUT2D eigenvalue weighted by Crippen LogP contribution is -2.00. The zero-order valence-electron chi connectivity index (χ0n) is 36.8. The van der Waals surface area contributed by atoms with Crippen LogP contribution in [0, 0.1) is 0 Å². The summed E-state index contributed by atoms with van der Waals surface area (Å²) in [5.41, 5.74) is 15.7. The Kier molecular flexibility index (Phi) is 9.66. The Labute approximate surface area is 397 Å². The summed E-state index contributed by atoms with van der Waals surface area (Å²) in [5.74, 6) is 1.90. The fraction of sp³-hybridized carbons (Fsp3) is 0. The summed E-state index contributed by atoms with van der Waals surface area (Å²) in [6.45, 7) is 0. The van der Waals surface area contributed by atoms with Crippen molar-refractivity contribution in [3.05, 3.63) is 243 Å². The van der Waals surface area contributed by atoms with Crippen LogP contribution in [0.15, 0.2) is 243 Å². The fourth-order valence-electron chi connectivity index (χ4n) is 9.72. The van der Waals surface area contributed by atoms with Crippen LogP contribution >= 0.6 is 11.3 Å². The quantitative estimate of drug-likeness (QED) is 0.153. The number of rotatable bonds is 8. The number of benzene rings is 10. The smallest absolute Gasteiger partial charge is 0.165 e. The predicted octanol–water partition coefficient (Wildman–Crippen LogP) is 17.0. The summed E-state index contributed by atoms with van der Waals surface area (Å²) in [5, 5.41) is 4.83. The lowest BCUT2D eigenvalue weighted by molar-refractivity contribution is 1.08. The van der Waals surface area contributed by atoms with E-state index < -0.39 is 0 Å². The van der Waals surface area contributed by atoms with E-state index in [0.717, 1.165) is 43.8 Å². The van der Waals surface area contributed by atoms with Gasteiger partial charge in [0.15, 0.2) is 17.5 Å². The van der Waals surface area contributed by atoms with Gasteiger partial charge in [0.2, 0.25) is 0 Å². The van der Waals surface area contributed by atoms with Crippen molar-refractivity contribution in [1.82, 2.24) is 19.5 Å².